The highest BCUT2D eigenvalue weighted by Crippen LogP contribution is 2.26. The number of benzene rings is 1. The fourth-order valence-electron chi connectivity index (χ4n) is 1.80. The van der Waals surface area contributed by atoms with Crippen molar-refractivity contribution in [2.45, 2.75) is 0 Å². The van der Waals surface area contributed by atoms with Crippen LogP contribution in [-0.4, -0.2) is 16.1 Å². The summed E-state index contributed by atoms with van der Waals surface area (Å²) in [5, 5.41) is 6.33. The largest absolute Gasteiger partial charge is 0.298 e. The zero-order chi connectivity index (χ0) is 13.2. The van der Waals surface area contributed by atoms with Crippen LogP contribution in [0.15, 0.2) is 48.0 Å². The minimum absolute atomic E-state index is 0.301. The van der Waals surface area contributed by atoms with Crippen LogP contribution < -0.4 is 0 Å². The minimum Gasteiger partial charge on any atom is -0.298 e. The number of halogens is 1. The molecule has 0 aliphatic carbocycles. The maximum Gasteiger partial charge on any atom is 0.153 e. The molecule has 0 saturated carbocycles. The second-order valence-corrected chi connectivity index (χ2v) is 4.90. The van der Waals surface area contributed by atoms with Crippen LogP contribution in [0.2, 0.25) is 0 Å². The standard InChI is InChI=1S/C14H9FN2OS/c15-11-3-5-12(6-4-11)17-8-10(9-18)14(16-17)13-2-1-7-19-13/h1-9H. The number of nitrogens with zero attached hydrogens (tertiary/aromatic N) is 2. The average Bonchev–Trinajstić information content (AvgIpc) is 3.08. The lowest BCUT2D eigenvalue weighted by molar-refractivity contribution is 0.112. The SMILES string of the molecule is O=Cc1cn(-c2ccc(F)cc2)nc1-c1cccs1. The predicted octanol–water partition coefficient (Wildman–Crippen LogP) is 3.55. The first kappa shape index (κ1) is 11.8. The van der Waals surface area contributed by atoms with Crippen LogP contribution in [0.4, 0.5) is 4.39 Å². The maximum atomic E-state index is 12.9. The van der Waals surface area contributed by atoms with Crippen molar-refractivity contribution < 1.29 is 9.18 Å². The molecule has 0 unspecified atom stereocenters. The van der Waals surface area contributed by atoms with Gasteiger partial charge in [-0.15, -0.1) is 11.3 Å². The summed E-state index contributed by atoms with van der Waals surface area (Å²) >= 11 is 1.52. The third-order valence-electron chi connectivity index (χ3n) is 2.72. The van der Waals surface area contributed by atoms with Crippen molar-refractivity contribution in [3.63, 3.8) is 0 Å². The molecule has 0 bridgehead atoms. The molecule has 0 saturated heterocycles. The van der Waals surface area contributed by atoms with E-state index in [0.29, 0.717) is 16.9 Å². The molecule has 0 N–H and O–H groups in total. The lowest BCUT2D eigenvalue weighted by atomic mass is 10.2. The maximum absolute atomic E-state index is 12.9. The highest BCUT2D eigenvalue weighted by atomic mass is 32.1. The summed E-state index contributed by atoms with van der Waals surface area (Å²) in [7, 11) is 0. The van der Waals surface area contributed by atoms with Gasteiger partial charge >= 0.3 is 0 Å². The van der Waals surface area contributed by atoms with E-state index in [1.807, 2.05) is 17.5 Å². The smallest absolute Gasteiger partial charge is 0.153 e. The molecule has 5 heteroatoms. The molecule has 0 aliphatic heterocycles. The van der Waals surface area contributed by atoms with Crippen molar-refractivity contribution in [3.05, 3.63) is 59.4 Å². The van der Waals surface area contributed by atoms with Crippen molar-refractivity contribution in [2.75, 3.05) is 0 Å². The number of hydrogen-bond donors (Lipinski definition) is 0. The monoisotopic (exact) mass is 272 g/mol. The fourth-order valence-corrected chi connectivity index (χ4v) is 2.54. The predicted molar refractivity (Wildman–Crippen MR) is 72.2 cm³/mol. The van der Waals surface area contributed by atoms with Gasteiger partial charge in [0.05, 0.1) is 16.1 Å². The lowest BCUT2D eigenvalue weighted by Crippen LogP contribution is -1.94. The molecule has 0 atom stereocenters. The van der Waals surface area contributed by atoms with Crippen molar-refractivity contribution >= 4 is 17.6 Å². The van der Waals surface area contributed by atoms with Gasteiger partial charge in [-0.2, -0.15) is 5.10 Å². The molecule has 0 fully saturated rings. The highest BCUT2D eigenvalue weighted by molar-refractivity contribution is 7.13. The first-order valence-corrected chi connectivity index (χ1v) is 6.50. The molecule has 94 valence electrons. The third kappa shape index (κ3) is 2.20. The first-order chi connectivity index (χ1) is 9.28. The number of hydrogen-bond acceptors (Lipinski definition) is 3. The Hall–Kier alpha value is -2.27. The summed E-state index contributed by atoms with van der Waals surface area (Å²) in [6, 6.07) is 9.79. The van der Waals surface area contributed by atoms with E-state index in [9.17, 15) is 9.18 Å². The van der Waals surface area contributed by atoms with E-state index < -0.39 is 0 Å². The highest BCUT2D eigenvalue weighted by Gasteiger charge is 2.12. The van der Waals surface area contributed by atoms with Crippen molar-refractivity contribution in [3.8, 4) is 16.3 Å². The van der Waals surface area contributed by atoms with Crippen LogP contribution in [0, 0.1) is 5.82 Å². The van der Waals surface area contributed by atoms with Crippen LogP contribution in [0.3, 0.4) is 0 Å². The Labute approximate surface area is 112 Å². The molecule has 3 rings (SSSR count). The van der Waals surface area contributed by atoms with Gasteiger partial charge in [-0.1, -0.05) is 6.07 Å². The normalized spacial score (nSPS) is 10.6. The zero-order valence-electron chi connectivity index (χ0n) is 9.79. The van der Waals surface area contributed by atoms with E-state index in [-0.39, 0.29) is 5.82 Å². The minimum atomic E-state index is -0.301. The molecule has 0 spiro atoms. The molecule has 3 nitrogen and oxygen atoms in total. The summed E-state index contributed by atoms with van der Waals surface area (Å²) in [5.74, 6) is -0.301. The number of rotatable bonds is 3. The Bertz CT molecular complexity index is 702. The molecule has 0 amide bonds. The zero-order valence-corrected chi connectivity index (χ0v) is 10.6. The average molecular weight is 272 g/mol. The van der Waals surface area contributed by atoms with E-state index in [4.69, 9.17) is 0 Å². The van der Waals surface area contributed by atoms with Gasteiger partial charge in [0.2, 0.25) is 0 Å². The van der Waals surface area contributed by atoms with Crippen molar-refractivity contribution in [2.24, 2.45) is 0 Å². The Kier molecular flexibility index (Phi) is 2.97. The van der Waals surface area contributed by atoms with E-state index >= 15 is 0 Å². The van der Waals surface area contributed by atoms with Crippen molar-refractivity contribution in [1.29, 1.82) is 0 Å². The number of aromatic nitrogens is 2. The molecule has 0 aliphatic rings. The molecule has 3 aromatic rings. The summed E-state index contributed by atoms with van der Waals surface area (Å²) in [6.45, 7) is 0. The van der Waals surface area contributed by atoms with Gasteiger partial charge in [0, 0.05) is 6.20 Å². The Morgan fingerprint density at radius 1 is 1.21 bits per heavy atom. The second kappa shape index (κ2) is 4.78. The quantitative estimate of drug-likeness (QED) is 0.683. The van der Waals surface area contributed by atoms with Crippen LogP contribution >= 0.6 is 11.3 Å². The van der Waals surface area contributed by atoms with Crippen molar-refractivity contribution in [1.82, 2.24) is 9.78 Å². The van der Waals surface area contributed by atoms with Crippen LogP contribution in [0.25, 0.3) is 16.3 Å². The number of aldehydes is 1. The second-order valence-electron chi connectivity index (χ2n) is 3.95. The van der Waals surface area contributed by atoms with Crippen LogP contribution in [0.1, 0.15) is 10.4 Å². The summed E-state index contributed by atoms with van der Waals surface area (Å²) < 4.78 is 14.5. The summed E-state index contributed by atoms with van der Waals surface area (Å²) in [4.78, 5) is 12.0. The molecule has 19 heavy (non-hydrogen) atoms. The van der Waals surface area contributed by atoms with E-state index in [0.717, 1.165) is 11.2 Å². The van der Waals surface area contributed by atoms with E-state index in [1.54, 1.807) is 23.0 Å². The molecule has 1 aromatic carbocycles. The number of carbonyl (C=O) groups is 1. The Balaban J connectivity index is 2.09. The topological polar surface area (TPSA) is 34.9 Å². The van der Waals surface area contributed by atoms with Crippen LogP contribution in [-0.2, 0) is 0 Å². The van der Waals surface area contributed by atoms with Gasteiger partial charge in [0.15, 0.2) is 6.29 Å². The molecule has 2 aromatic heterocycles. The molecule has 0 radical (unpaired) electrons. The third-order valence-corrected chi connectivity index (χ3v) is 3.59. The van der Waals surface area contributed by atoms with Crippen LogP contribution in [0.5, 0.6) is 0 Å². The Morgan fingerprint density at radius 3 is 2.63 bits per heavy atom. The van der Waals surface area contributed by atoms with Gasteiger partial charge in [-0.25, -0.2) is 9.07 Å². The summed E-state index contributed by atoms with van der Waals surface area (Å²) in [5.41, 5.74) is 1.88. The number of carbonyl (C=O) groups excluding carboxylic acids is 1. The first-order valence-electron chi connectivity index (χ1n) is 5.62. The van der Waals surface area contributed by atoms with Gasteiger partial charge in [-0.3, -0.25) is 4.79 Å². The fraction of sp³-hybridized carbons (Fsp3) is 0. The number of thiophene rings is 1. The van der Waals surface area contributed by atoms with Gasteiger partial charge in [-0.05, 0) is 35.7 Å². The van der Waals surface area contributed by atoms with E-state index in [2.05, 4.69) is 5.10 Å². The molecular formula is C14H9FN2OS. The lowest BCUT2D eigenvalue weighted by Gasteiger charge is -1.99. The Morgan fingerprint density at radius 2 is 2.00 bits per heavy atom. The van der Waals surface area contributed by atoms with Gasteiger partial charge in [0.1, 0.15) is 11.5 Å². The van der Waals surface area contributed by atoms with Gasteiger partial charge in [0.25, 0.3) is 0 Å². The summed E-state index contributed by atoms with van der Waals surface area (Å²) in [6.07, 6.45) is 2.43. The molecular weight excluding hydrogens is 263 g/mol. The van der Waals surface area contributed by atoms with Gasteiger partial charge < -0.3 is 0 Å². The van der Waals surface area contributed by atoms with E-state index in [1.165, 1.54) is 23.5 Å². The molecule has 2 heterocycles.